The van der Waals surface area contributed by atoms with Crippen molar-refractivity contribution >= 4 is 0 Å². The molecule has 1 heterocycles. The van der Waals surface area contributed by atoms with Gasteiger partial charge in [0.15, 0.2) is 0 Å². The number of ether oxygens (including phenoxy) is 1. The maximum absolute atomic E-state index is 5.61. The van der Waals surface area contributed by atoms with E-state index in [4.69, 9.17) is 15.0 Å². The van der Waals surface area contributed by atoms with E-state index in [1.54, 1.807) is 13.4 Å². The molecule has 1 rings (SSSR count). The SMILES string of the molecule is CCC(CC)(OC)C(NN)c1ccco1. The van der Waals surface area contributed by atoms with Crippen LogP contribution >= 0.6 is 0 Å². The molecule has 0 aliphatic carbocycles. The Labute approximate surface area is 90.8 Å². The molecule has 1 atom stereocenters. The Morgan fingerprint density at radius 3 is 2.53 bits per heavy atom. The zero-order valence-electron chi connectivity index (χ0n) is 9.62. The highest BCUT2D eigenvalue weighted by Gasteiger charge is 2.37. The Morgan fingerprint density at radius 1 is 1.53 bits per heavy atom. The lowest BCUT2D eigenvalue weighted by Gasteiger charge is -2.36. The van der Waals surface area contributed by atoms with Crippen molar-refractivity contribution in [2.24, 2.45) is 5.84 Å². The van der Waals surface area contributed by atoms with E-state index in [-0.39, 0.29) is 11.6 Å². The van der Waals surface area contributed by atoms with Gasteiger partial charge in [0.1, 0.15) is 11.8 Å². The summed E-state index contributed by atoms with van der Waals surface area (Å²) in [4.78, 5) is 0. The zero-order chi connectivity index (χ0) is 11.3. The Morgan fingerprint density at radius 2 is 2.20 bits per heavy atom. The lowest BCUT2D eigenvalue weighted by molar-refractivity contribution is -0.0537. The van der Waals surface area contributed by atoms with Crippen LogP contribution in [0.2, 0.25) is 0 Å². The average molecular weight is 212 g/mol. The van der Waals surface area contributed by atoms with E-state index in [1.807, 2.05) is 12.1 Å². The molecule has 0 fully saturated rings. The summed E-state index contributed by atoms with van der Waals surface area (Å²) in [5.74, 6) is 6.40. The van der Waals surface area contributed by atoms with Crippen molar-refractivity contribution in [3.63, 3.8) is 0 Å². The summed E-state index contributed by atoms with van der Waals surface area (Å²) in [6.07, 6.45) is 3.39. The minimum Gasteiger partial charge on any atom is -0.468 e. The van der Waals surface area contributed by atoms with Gasteiger partial charge >= 0.3 is 0 Å². The normalized spacial score (nSPS) is 14.1. The van der Waals surface area contributed by atoms with E-state index in [0.717, 1.165) is 18.6 Å². The third kappa shape index (κ3) is 2.22. The third-order valence-corrected chi connectivity index (χ3v) is 3.12. The molecule has 0 amide bonds. The van der Waals surface area contributed by atoms with Crippen LogP contribution in [0, 0.1) is 0 Å². The molecule has 1 aromatic rings. The molecule has 0 aliphatic rings. The quantitative estimate of drug-likeness (QED) is 0.559. The second kappa shape index (κ2) is 5.30. The average Bonchev–Trinajstić information content (AvgIpc) is 2.79. The van der Waals surface area contributed by atoms with Crippen LogP contribution in [0.4, 0.5) is 0 Å². The lowest BCUT2D eigenvalue weighted by atomic mass is 9.87. The van der Waals surface area contributed by atoms with Crippen LogP contribution in [0.1, 0.15) is 38.5 Å². The summed E-state index contributed by atoms with van der Waals surface area (Å²) in [5.41, 5.74) is 2.47. The van der Waals surface area contributed by atoms with Gasteiger partial charge in [0.25, 0.3) is 0 Å². The molecule has 1 unspecified atom stereocenters. The van der Waals surface area contributed by atoms with Crippen LogP contribution in [0.5, 0.6) is 0 Å². The number of nitrogens with two attached hydrogens (primary N) is 1. The molecule has 0 bridgehead atoms. The third-order valence-electron chi connectivity index (χ3n) is 3.12. The van der Waals surface area contributed by atoms with E-state index < -0.39 is 0 Å². The summed E-state index contributed by atoms with van der Waals surface area (Å²) < 4.78 is 11.0. The standard InChI is InChI=1S/C11H20N2O2/c1-4-11(5-2,14-3)10(13-12)9-7-6-8-15-9/h6-8,10,13H,4-5,12H2,1-3H3. The minimum atomic E-state index is -0.313. The topological polar surface area (TPSA) is 60.4 Å². The second-order valence-electron chi connectivity index (χ2n) is 3.59. The molecule has 86 valence electrons. The molecule has 0 spiro atoms. The monoisotopic (exact) mass is 212 g/mol. The number of methoxy groups -OCH3 is 1. The van der Waals surface area contributed by atoms with Crippen LogP contribution in [0.3, 0.4) is 0 Å². The smallest absolute Gasteiger partial charge is 0.124 e. The van der Waals surface area contributed by atoms with Gasteiger partial charge in [-0.15, -0.1) is 0 Å². The fourth-order valence-corrected chi connectivity index (χ4v) is 2.01. The van der Waals surface area contributed by atoms with E-state index in [0.29, 0.717) is 0 Å². The van der Waals surface area contributed by atoms with Gasteiger partial charge in [-0.3, -0.25) is 5.84 Å². The predicted molar refractivity (Wildman–Crippen MR) is 59.1 cm³/mol. The first-order valence-electron chi connectivity index (χ1n) is 5.28. The van der Waals surface area contributed by atoms with Gasteiger partial charge in [-0.2, -0.15) is 0 Å². The Balaban J connectivity index is 2.98. The number of hydrazine groups is 1. The number of hydrogen-bond acceptors (Lipinski definition) is 4. The van der Waals surface area contributed by atoms with Gasteiger partial charge in [-0.25, -0.2) is 5.43 Å². The van der Waals surface area contributed by atoms with Crippen molar-refractivity contribution in [1.29, 1.82) is 0 Å². The fraction of sp³-hybridized carbons (Fsp3) is 0.636. The van der Waals surface area contributed by atoms with Gasteiger partial charge in [-0.05, 0) is 25.0 Å². The van der Waals surface area contributed by atoms with E-state index in [1.165, 1.54) is 0 Å². The van der Waals surface area contributed by atoms with Crippen LogP contribution < -0.4 is 11.3 Å². The molecule has 0 radical (unpaired) electrons. The first kappa shape index (κ1) is 12.2. The van der Waals surface area contributed by atoms with Gasteiger partial charge in [-0.1, -0.05) is 13.8 Å². The summed E-state index contributed by atoms with van der Waals surface area (Å²) in [6.45, 7) is 4.17. The molecule has 0 saturated carbocycles. The summed E-state index contributed by atoms with van der Waals surface area (Å²) in [6, 6.07) is 3.64. The molecule has 0 aliphatic heterocycles. The fourth-order valence-electron chi connectivity index (χ4n) is 2.01. The molecule has 0 saturated heterocycles. The molecule has 15 heavy (non-hydrogen) atoms. The van der Waals surface area contributed by atoms with Gasteiger partial charge in [0.05, 0.1) is 11.9 Å². The second-order valence-corrected chi connectivity index (χ2v) is 3.59. The predicted octanol–water partition coefficient (Wildman–Crippen LogP) is 1.99. The van der Waals surface area contributed by atoms with Crippen molar-refractivity contribution in [2.45, 2.75) is 38.3 Å². The highest BCUT2D eigenvalue weighted by Crippen LogP contribution is 2.34. The molecule has 3 N–H and O–H groups in total. The highest BCUT2D eigenvalue weighted by atomic mass is 16.5. The molecule has 1 aromatic heterocycles. The number of hydrogen-bond donors (Lipinski definition) is 2. The molecule has 4 heteroatoms. The number of furan rings is 1. The van der Waals surface area contributed by atoms with Crippen LogP contribution in [0.15, 0.2) is 22.8 Å². The summed E-state index contributed by atoms with van der Waals surface area (Å²) >= 11 is 0. The molecule has 0 aromatic carbocycles. The van der Waals surface area contributed by atoms with Crippen molar-refractivity contribution < 1.29 is 9.15 Å². The minimum absolute atomic E-state index is 0.118. The first-order chi connectivity index (χ1) is 7.24. The molecule has 4 nitrogen and oxygen atoms in total. The lowest BCUT2D eigenvalue weighted by Crippen LogP contribution is -2.47. The van der Waals surface area contributed by atoms with E-state index >= 15 is 0 Å². The molecular weight excluding hydrogens is 192 g/mol. The van der Waals surface area contributed by atoms with Crippen molar-refractivity contribution in [3.05, 3.63) is 24.2 Å². The highest BCUT2D eigenvalue weighted by molar-refractivity contribution is 5.10. The molecular formula is C11H20N2O2. The van der Waals surface area contributed by atoms with Crippen LogP contribution in [-0.4, -0.2) is 12.7 Å². The van der Waals surface area contributed by atoms with E-state index in [2.05, 4.69) is 19.3 Å². The van der Waals surface area contributed by atoms with E-state index in [9.17, 15) is 0 Å². The first-order valence-corrected chi connectivity index (χ1v) is 5.28. The Kier molecular flexibility index (Phi) is 4.32. The maximum atomic E-state index is 5.61. The number of nitrogens with one attached hydrogen (secondary N) is 1. The number of rotatable bonds is 6. The van der Waals surface area contributed by atoms with Gasteiger partial charge in [0, 0.05) is 7.11 Å². The van der Waals surface area contributed by atoms with Crippen molar-refractivity contribution in [2.75, 3.05) is 7.11 Å². The van der Waals surface area contributed by atoms with Crippen molar-refractivity contribution in [1.82, 2.24) is 5.43 Å². The van der Waals surface area contributed by atoms with Crippen LogP contribution in [0.25, 0.3) is 0 Å². The van der Waals surface area contributed by atoms with Gasteiger partial charge < -0.3 is 9.15 Å². The zero-order valence-corrected chi connectivity index (χ0v) is 9.62. The van der Waals surface area contributed by atoms with Crippen LogP contribution in [-0.2, 0) is 4.74 Å². The summed E-state index contributed by atoms with van der Waals surface area (Å²) in [5, 5.41) is 0. The summed E-state index contributed by atoms with van der Waals surface area (Å²) in [7, 11) is 1.71. The maximum Gasteiger partial charge on any atom is 0.124 e. The van der Waals surface area contributed by atoms with Crippen molar-refractivity contribution in [3.8, 4) is 0 Å². The Bertz CT molecular complexity index is 260. The Hall–Kier alpha value is -0.840. The van der Waals surface area contributed by atoms with Gasteiger partial charge in [0.2, 0.25) is 0 Å². The largest absolute Gasteiger partial charge is 0.468 e.